The molecule has 0 aromatic heterocycles. The number of nitrogens with zero attached hydrogens (tertiary/aromatic N) is 1. The van der Waals surface area contributed by atoms with Crippen LogP contribution >= 0.6 is 0 Å². The number of allylic oxidation sites excluding steroid dienone is 11. The summed E-state index contributed by atoms with van der Waals surface area (Å²) in [5.74, 6) is 0.558. The fraction of sp³-hybridized carbons (Fsp3) is 0.0769. The van der Waals surface area contributed by atoms with Crippen LogP contribution in [0.15, 0.2) is 266 Å². The first kappa shape index (κ1) is 40.8. The largest absolute Gasteiger partial charge is 0.311 e. The smallest absolute Gasteiger partial charge is 0.0713 e. The number of hydrogen-bond donors (Lipinski definition) is 0. The molecule has 1 nitrogen and oxygen atoms in total. The van der Waals surface area contributed by atoms with Gasteiger partial charge in [0.15, 0.2) is 0 Å². The van der Waals surface area contributed by atoms with Gasteiger partial charge >= 0.3 is 0 Å². The van der Waals surface area contributed by atoms with Crippen molar-refractivity contribution in [2.24, 2.45) is 5.92 Å². The van der Waals surface area contributed by atoms with Gasteiger partial charge in [0.25, 0.3) is 0 Å². The molecule has 0 N–H and O–H groups in total. The molecule has 11 rings (SSSR count). The van der Waals surface area contributed by atoms with E-state index >= 15 is 0 Å². The van der Waals surface area contributed by atoms with Crippen LogP contribution in [0, 0.1) is 5.92 Å². The van der Waals surface area contributed by atoms with Crippen molar-refractivity contribution in [1.29, 1.82) is 0 Å². The molecule has 1 heteroatoms. The SMILES string of the molecule is C=C(/C=C\C=C\c1cc2ccccc2c2ccccc12)N(C(/C=C(\C)C1=Cc2ccccc2C2C=CC=CC12)=C/C)c1ccc2c(c1)-c1ccccc1C2(c1ccccc1)c1ccccc1. The Morgan fingerprint density at radius 2 is 1.23 bits per heavy atom. The second kappa shape index (κ2) is 17.2. The van der Waals surface area contributed by atoms with Crippen LogP contribution in [0.1, 0.15) is 58.7 Å². The molecule has 0 saturated carbocycles. The Kier molecular flexibility index (Phi) is 10.6. The minimum Gasteiger partial charge on any atom is -0.311 e. The summed E-state index contributed by atoms with van der Waals surface area (Å²) in [4.78, 5) is 2.33. The number of rotatable bonds is 10. The van der Waals surface area contributed by atoms with E-state index in [0.717, 1.165) is 17.1 Å². The van der Waals surface area contributed by atoms with Crippen LogP contribution in [0.25, 0.3) is 44.8 Å². The Balaban J connectivity index is 1.04. The summed E-state index contributed by atoms with van der Waals surface area (Å²) in [5.41, 5.74) is 16.5. The normalized spacial score (nSPS) is 17.2. The van der Waals surface area contributed by atoms with E-state index in [9.17, 15) is 0 Å². The molecule has 0 radical (unpaired) electrons. The van der Waals surface area contributed by atoms with Crippen molar-refractivity contribution in [3.63, 3.8) is 0 Å². The highest BCUT2D eigenvalue weighted by atomic mass is 15.1. The van der Waals surface area contributed by atoms with E-state index in [1.807, 2.05) is 0 Å². The summed E-state index contributed by atoms with van der Waals surface area (Å²) in [6.07, 6.45) is 24.8. The molecule has 0 heterocycles. The maximum Gasteiger partial charge on any atom is 0.0713 e. The van der Waals surface area contributed by atoms with Gasteiger partial charge in [-0.3, -0.25) is 0 Å². The average molecular weight is 846 g/mol. The Bertz CT molecular complexity index is 3360. The van der Waals surface area contributed by atoms with Crippen molar-refractivity contribution in [3.05, 3.63) is 305 Å². The molecule has 0 saturated heterocycles. The molecule has 3 aliphatic rings. The summed E-state index contributed by atoms with van der Waals surface area (Å²) in [7, 11) is 0. The Morgan fingerprint density at radius 3 is 2.00 bits per heavy atom. The lowest BCUT2D eigenvalue weighted by Gasteiger charge is -2.34. The number of benzene rings is 8. The van der Waals surface area contributed by atoms with E-state index in [2.05, 4.69) is 268 Å². The van der Waals surface area contributed by atoms with Gasteiger partial charge < -0.3 is 4.90 Å². The second-order valence-corrected chi connectivity index (χ2v) is 17.6. The van der Waals surface area contributed by atoms with Gasteiger partial charge in [0.05, 0.1) is 5.41 Å². The summed E-state index contributed by atoms with van der Waals surface area (Å²) in [6, 6.07) is 66.5. The van der Waals surface area contributed by atoms with E-state index in [1.165, 1.54) is 82.8 Å². The maximum atomic E-state index is 4.81. The maximum absolute atomic E-state index is 4.81. The first-order valence-corrected chi connectivity index (χ1v) is 23.1. The van der Waals surface area contributed by atoms with E-state index < -0.39 is 5.41 Å². The molecule has 8 aromatic carbocycles. The van der Waals surface area contributed by atoms with Crippen LogP contribution in [0.2, 0.25) is 0 Å². The molecule has 66 heavy (non-hydrogen) atoms. The molecule has 8 aromatic rings. The summed E-state index contributed by atoms with van der Waals surface area (Å²) in [5, 5.41) is 5.01. The van der Waals surface area contributed by atoms with Crippen LogP contribution in [-0.4, -0.2) is 0 Å². The molecule has 0 spiro atoms. The first-order chi connectivity index (χ1) is 32.5. The lowest BCUT2D eigenvalue weighted by molar-refractivity contribution is 0.660. The zero-order valence-electron chi connectivity index (χ0n) is 37.5. The molecule has 0 fully saturated rings. The fourth-order valence-corrected chi connectivity index (χ4v) is 11.0. The second-order valence-electron chi connectivity index (χ2n) is 17.6. The summed E-state index contributed by atoms with van der Waals surface area (Å²) < 4.78 is 0. The van der Waals surface area contributed by atoms with Crippen molar-refractivity contribution in [3.8, 4) is 11.1 Å². The minimum absolute atomic E-state index is 0.257. The van der Waals surface area contributed by atoms with Gasteiger partial charge in [0.1, 0.15) is 0 Å². The topological polar surface area (TPSA) is 3.24 Å². The standard InChI is InChI=1S/C65H51N/c1-4-52(41-45(2)61-43-49-26-14-16-32-56(49)58-35-19-20-36-59(58)61)66(46(3)23-11-12-24-47-42-48-25-13-15-31-54(48)57-34-18-17-33-55(47)57)53-39-40-64-62(44-53)60-37-21-22-38-63(60)65(64,50-27-7-5-8-28-50)51-29-9-6-10-30-51/h4-44,58-59H,3H2,1-2H3/b23-11-,24-12+,45-41+,52-4+. The van der Waals surface area contributed by atoms with E-state index in [1.54, 1.807) is 0 Å². The Morgan fingerprint density at radius 1 is 0.591 bits per heavy atom. The average Bonchev–Trinajstić information content (AvgIpc) is 3.68. The van der Waals surface area contributed by atoms with Gasteiger partial charge in [-0.05, 0) is 127 Å². The van der Waals surface area contributed by atoms with Gasteiger partial charge in [-0.1, -0.05) is 225 Å². The zero-order chi connectivity index (χ0) is 44.6. The molecular formula is C65H51N. The Labute approximate surface area is 389 Å². The van der Waals surface area contributed by atoms with E-state index in [-0.39, 0.29) is 5.92 Å². The van der Waals surface area contributed by atoms with Crippen molar-refractivity contribution in [1.82, 2.24) is 0 Å². The molecule has 2 atom stereocenters. The van der Waals surface area contributed by atoms with Gasteiger partial charge in [0.2, 0.25) is 0 Å². The zero-order valence-corrected chi connectivity index (χ0v) is 37.5. The predicted octanol–water partition coefficient (Wildman–Crippen LogP) is 16.7. The third-order valence-electron chi connectivity index (χ3n) is 14.0. The third kappa shape index (κ3) is 6.87. The van der Waals surface area contributed by atoms with Crippen molar-refractivity contribution in [2.75, 3.05) is 4.90 Å². The van der Waals surface area contributed by atoms with E-state index in [4.69, 9.17) is 6.58 Å². The molecule has 0 bridgehead atoms. The lowest BCUT2D eigenvalue weighted by atomic mass is 9.68. The highest BCUT2D eigenvalue weighted by molar-refractivity contribution is 6.10. The quantitative estimate of drug-likeness (QED) is 0.0979. The van der Waals surface area contributed by atoms with Gasteiger partial charge in [-0.25, -0.2) is 0 Å². The van der Waals surface area contributed by atoms with Crippen molar-refractivity contribution >= 4 is 39.4 Å². The fourth-order valence-electron chi connectivity index (χ4n) is 11.0. The van der Waals surface area contributed by atoms with Crippen LogP contribution < -0.4 is 4.90 Å². The van der Waals surface area contributed by atoms with Crippen LogP contribution in [0.3, 0.4) is 0 Å². The van der Waals surface area contributed by atoms with Gasteiger partial charge in [0, 0.05) is 28.9 Å². The van der Waals surface area contributed by atoms with E-state index in [0.29, 0.717) is 5.92 Å². The molecule has 0 aliphatic heterocycles. The minimum atomic E-state index is -0.478. The highest BCUT2D eigenvalue weighted by Crippen LogP contribution is 2.57. The molecular weight excluding hydrogens is 795 g/mol. The van der Waals surface area contributed by atoms with Crippen LogP contribution in [-0.2, 0) is 5.41 Å². The number of hydrogen-bond acceptors (Lipinski definition) is 1. The number of anilines is 1. The van der Waals surface area contributed by atoms with Gasteiger partial charge in [-0.2, -0.15) is 0 Å². The van der Waals surface area contributed by atoms with Crippen LogP contribution in [0.5, 0.6) is 0 Å². The van der Waals surface area contributed by atoms with Crippen molar-refractivity contribution in [2.45, 2.75) is 25.2 Å². The van der Waals surface area contributed by atoms with Crippen LogP contribution in [0.4, 0.5) is 5.69 Å². The number of fused-ring (bicyclic) bond motifs is 9. The molecule has 0 amide bonds. The summed E-state index contributed by atoms with van der Waals surface area (Å²) >= 11 is 0. The molecule has 3 aliphatic carbocycles. The predicted molar refractivity (Wildman–Crippen MR) is 281 cm³/mol. The Hall–Kier alpha value is -8.00. The van der Waals surface area contributed by atoms with Crippen molar-refractivity contribution < 1.29 is 0 Å². The molecule has 316 valence electrons. The highest BCUT2D eigenvalue weighted by Gasteiger charge is 2.46. The van der Waals surface area contributed by atoms with Gasteiger partial charge in [-0.15, -0.1) is 0 Å². The third-order valence-corrected chi connectivity index (χ3v) is 14.0. The monoisotopic (exact) mass is 845 g/mol. The summed E-state index contributed by atoms with van der Waals surface area (Å²) in [6.45, 7) is 9.23. The molecule has 2 unspecified atom stereocenters. The lowest BCUT2D eigenvalue weighted by Crippen LogP contribution is -2.28. The first-order valence-electron chi connectivity index (χ1n) is 23.1.